The average molecular weight is 491 g/mol. The normalized spacial score (nSPS) is 14.3. The number of benzene rings is 1. The number of hydrogen-bond donors (Lipinski definition) is 2. The summed E-state index contributed by atoms with van der Waals surface area (Å²) in [7, 11) is 0. The first kappa shape index (κ1) is 24.6. The van der Waals surface area contributed by atoms with Crippen LogP contribution in [-0.2, 0) is 9.59 Å². The molecular formula is C27H30N4O3S. The molecule has 2 aromatic heterocycles. The molecule has 182 valence electrons. The minimum atomic E-state index is -0.898. The van der Waals surface area contributed by atoms with E-state index in [-0.39, 0.29) is 30.3 Å². The van der Waals surface area contributed by atoms with E-state index < -0.39 is 6.04 Å². The molecule has 0 unspecified atom stereocenters. The topological polar surface area (TPSA) is 91.4 Å². The third kappa shape index (κ3) is 5.77. The summed E-state index contributed by atoms with van der Waals surface area (Å²) in [6, 6.07) is 11.9. The monoisotopic (exact) mass is 490 g/mol. The molecule has 35 heavy (non-hydrogen) atoms. The van der Waals surface area contributed by atoms with Crippen LogP contribution in [0, 0.1) is 13.8 Å². The second kappa shape index (κ2) is 11.3. The fourth-order valence-corrected chi connectivity index (χ4v) is 5.10. The first-order valence-corrected chi connectivity index (χ1v) is 12.7. The lowest BCUT2D eigenvalue weighted by Gasteiger charge is -2.33. The van der Waals surface area contributed by atoms with Crippen LogP contribution in [-0.4, -0.2) is 35.3 Å². The Labute approximate surface area is 209 Å². The van der Waals surface area contributed by atoms with Crippen LogP contribution in [0.4, 0.5) is 5.69 Å². The number of aryl methyl sites for hydroxylation is 1. The van der Waals surface area contributed by atoms with Crippen molar-refractivity contribution in [1.29, 1.82) is 0 Å². The van der Waals surface area contributed by atoms with E-state index in [0.29, 0.717) is 16.1 Å². The largest absolute Gasteiger partial charge is 0.351 e. The van der Waals surface area contributed by atoms with E-state index in [4.69, 9.17) is 0 Å². The summed E-state index contributed by atoms with van der Waals surface area (Å²) < 4.78 is 0. The number of hydrogen-bond acceptors (Lipinski definition) is 5. The summed E-state index contributed by atoms with van der Waals surface area (Å²) >= 11 is 1.31. The highest BCUT2D eigenvalue weighted by molar-refractivity contribution is 7.12. The van der Waals surface area contributed by atoms with Crippen molar-refractivity contribution in [2.75, 3.05) is 11.4 Å². The maximum absolute atomic E-state index is 13.8. The zero-order chi connectivity index (χ0) is 24.8. The molecule has 0 bridgehead atoms. The van der Waals surface area contributed by atoms with Gasteiger partial charge < -0.3 is 10.6 Å². The molecule has 0 radical (unpaired) electrons. The van der Waals surface area contributed by atoms with Crippen molar-refractivity contribution in [2.24, 2.45) is 0 Å². The van der Waals surface area contributed by atoms with Gasteiger partial charge in [0.05, 0.1) is 11.4 Å². The van der Waals surface area contributed by atoms with Gasteiger partial charge in [-0.2, -0.15) is 0 Å². The van der Waals surface area contributed by atoms with Crippen molar-refractivity contribution in [3.63, 3.8) is 0 Å². The van der Waals surface area contributed by atoms with Gasteiger partial charge in [-0.15, -0.1) is 11.3 Å². The number of anilines is 1. The van der Waals surface area contributed by atoms with Crippen molar-refractivity contribution in [1.82, 2.24) is 15.6 Å². The van der Waals surface area contributed by atoms with Gasteiger partial charge in [0.25, 0.3) is 5.91 Å². The van der Waals surface area contributed by atoms with E-state index in [2.05, 4.69) is 15.6 Å². The molecule has 2 N–H and O–H groups in total. The molecule has 7 nitrogen and oxygen atoms in total. The van der Waals surface area contributed by atoms with Crippen molar-refractivity contribution in [2.45, 2.75) is 51.6 Å². The van der Waals surface area contributed by atoms with E-state index >= 15 is 0 Å². The minimum Gasteiger partial charge on any atom is -0.351 e. The van der Waals surface area contributed by atoms with E-state index in [1.807, 2.05) is 37.4 Å². The summed E-state index contributed by atoms with van der Waals surface area (Å²) in [5.74, 6) is -0.918. The molecule has 1 atom stereocenters. The van der Waals surface area contributed by atoms with Gasteiger partial charge in [0.15, 0.2) is 0 Å². The number of nitrogens with zero attached hydrogens (tertiary/aromatic N) is 2. The molecular weight excluding hydrogens is 460 g/mol. The molecule has 0 aliphatic heterocycles. The Bertz CT molecular complexity index is 1170. The van der Waals surface area contributed by atoms with Gasteiger partial charge >= 0.3 is 0 Å². The summed E-state index contributed by atoms with van der Waals surface area (Å²) in [5, 5.41) is 7.70. The number of pyridine rings is 1. The number of rotatable bonds is 8. The van der Waals surface area contributed by atoms with Gasteiger partial charge in [0, 0.05) is 24.1 Å². The van der Waals surface area contributed by atoms with Gasteiger partial charge in [-0.05, 0) is 73.0 Å². The van der Waals surface area contributed by atoms with Crippen LogP contribution in [0.3, 0.4) is 0 Å². The molecule has 3 amide bonds. The maximum Gasteiger partial charge on any atom is 0.261 e. The predicted octanol–water partition coefficient (Wildman–Crippen LogP) is 4.32. The smallest absolute Gasteiger partial charge is 0.261 e. The third-order valence-electron chi connectivity index (χ3n) is 6.48. The van der Waals surface area contributed by atoms with Crippen LogP contribution in [0.5, 0.6) is 0 Å². The van der Waals surface area contributed by atoms with Crippen molar-refractivity contribution in [3.05, 3.63) is 81.8 Å². The zero-order valence-corrected chi connectivity index (χ0v) is 20.8. The first-order valence-electron chi connectivity index (χ1n) is 11.9. The van der Waals surface area contributed by atoms with E-state index in [0.717, 1.165) is 36.8 Å². The molecule has 1 aliphatic rings. The molecule has 0 spiro atoms. The Kier molecular flexibility index (Phi) is 7.92. The second-order valence-electron chi connectivity index (χ2n) is 8.82. The minimum absolute atomic E-state index is 0.0981. The summed E-state index contributed by atoms with van der Waals surface area (Å²) in [4.78, 5) is 46.2. The Morgan fingerprint density at radius 3 is 2.49 bits per heavy atom. The first-order chi connectivity index (χ1) is 17.0. The van der Waals surface area contributed by atoms with Crippen molar-refractivity contribution in [3.8, 4) is 0 Å². The molecule has 0 saturated heterocycles. The summed E-state index contributed by atoms with van der Waals surface area (Å²) in [5.41, 5.74) is 3.21. The van der Waals surface area contributed by atoms with Gasteiger partial charge in [0.1, 0.15) is 6.04 Å². The second-order valence-corrected chi connectivity index (χ2v) is 9.76. The molecule has 8 heteroatoms. The van der Waals surface area contributed by atoms with Crippen LogP contribution in [0.15, 0.2) is 60.2 Å². The van der Waals surface area contributed by atoms with Gasteiger partial charge in [-0.25, -0.2) is 0 Å². The molecule has 1 aromatic carbocycles. The van der Waals surface area contributed by atoms with Gasteiger partial charge in [0.2, 0.25) is 11.8 Å². The Balaban J connectivity index is 1.70. The number of amides is 3. The molecule has 2 heterocycles. The number of thiophene rings is 1. The standard InChI is InChI=1S/C27H30N4O3S/c1-18-7-5-10-22(19(18)2)31(24(32)17-29-26(33)23-11-6-16-35-23)25(20-12-14-28-15-13-20)27(34)30-21-8-3-4-9-21/h5-7,10-16,21,25H,3-4,8-9,17H2,1-2H3,(H,29,33)(H,30,34)/t25-/m1/s1. The number of carbonyl (C=O) groups excluding carboxylic acids is 3. The fourth-order valence-electron chi connectivity index (χ4n) is 4.46. The quantitative estimate of drug-likeness (QED) is 0.492. The Hall–Kier alpha value is -3.52. The SMILES string of the molecule is Cc1cccc(N(C(=O)CNC(=O)c2cccs2)[C@@H](C(=O)NC2CCCC2)c2ccncc2)c1C. The Morgan fingerprint density at radius 2 is 1.80 bits per heavy atom. The van der Waals surface area contributed by atoms with E-state index in [1.165, 1.54) is 16.2 Å². The molecule has 1 aliphatic carbocycles. The Morgan fingerprint density at radius 1 is 1.06 bits per heavy atom. The molecule has 3 aromatic rings. The van der Waals surface area contributed by atoms with E-state index in [9.17, 15) is 14.4 Å². The fraction of sp³-hybridized carbons (Fsp3) is 0.333. The molecule has 4 rings (SSSR count). The van der Waals surface area contributed by atoms with E-state index in [1.54, 1.807) is 36.7 Å². The lowest BCUT2D eigenvalue weighted by molar-refractivity contribution is -0.126. The van der Waals surface area contributed by atoms with Crippen LogP contribution < -0.4 is 15.5 Å². The third-order valence-corrected chi connectivity index (χ3v) is 7.35. The average Bonchev–Trinajstić information content (AvgIpc) is 3.58. The van der Waals surface area contributed by atoms with Crippen molar-refractivity contribution < 1.29 is 14.4 Å². The summed E-state index contributed by atoms with van der Waals surface area (Å²) in [6.45, 7) is 3.68. The van der Waals surface area contributed by atoms with Crippen LogP contribution in [0.2, 0.25) is 0 Å². The van der Waals surface area contributed by atoms with Crippen LogP contribution in [0.1, 0.15) is 58.1 Å². The lowest BCUT2D eigenvalue weighted by atomic mass is 10.0. The van der Waals surface area contributed by atoms with Crippen molar-refractivity contribution >= 4 is 34.7 Å². The van der Waals surface area contributed by atoms with Gasteiger partial charge in [-0.3, -0.25) is 24.3 Å². The highest BCUT2D eigenvalue weighted by Gasteiger charge is 2.35. The molecule has 1 fully saturated rings. The summed E-state index contributed by atoms with van der Waals surface area (Å²) in [6.07, 6.45) is 7.27. The maximum atomic E-state index is 13.8. The predicted molar refractivity (Wildman–Crippen MR) is 137 cm³/mol. The van der Waals surface area contributed by atoms with Crippen LogP contribution in [0.25, 0.3) is 0 Å². The highest BCUT2D eigenvalue weighted by Crippen LogP contribution is 2.32. The molecule has 1 saturated carbocycles. The number of aromatic nitrogens is 1. The highest BCUT2D eigenvalue weighted by atomic mass is 32.1. The number of carbonyl (C=O) groups is 3. The van der Waals surface area contributed by atoms with Gasteiger partial charge in [-0.1, -0.05) is 31.0 Å². The number of nitrogens with one attached hydrogen (secondary N) is 2. The lowest BCUT2D eigenvalue weighted by Crippen LogP contribution is -2.49. The van der Waals surface area contributed by atoms with Crippen LogP contribution >= 0.6 is 11.3 Å². The zero-order valence-electron chi connectivity index (χ0n) is 20.0.